The van der Waals surface area contributed by atoms with Gasteiger partial charge in [0.15, 0.2) is 0 Å². The second kappa shape index (κ2) is 5.16. The molecule has 1 aromatic carbocycles. The Morgan fingerprint density at radius 2 is 2.09 bits per heavy atom. The molecule has 2 aliphatic heterocycles. The average Bonchev–Trinajstić information content (AvgIpc) is 3.13. The number of benzene rings is 1. The van der Waals surface area contributed by atoms with Gasteiger partial charge in [-0.2, -0.15) is 0 Å². The maximum Gasteiger partial charge on any atom is 0.219 e. The minimum Gasteiger partial charge on any atom is -0.363 e. The quantitative estimate of drug-likeness (QED) is 0.810. The van der Waals surface area contributed by atoms with Crippen molar-refractivity contribution in [3.8, 4) is 11.3 Å². The second-order valence-corrected chi connectivity index (χ2v) is 6.31. The first-order valence-corrected chi connectivity index (χ1v) is 7.76. The summed E-state index contributed by atoms with van der Waals surface area (Å²) in [7, 11) is 0. The highest BCUT2D eigenvalue weighted by atomic mass is 19.1. The van der Waals surface area contributed by atoms with Crippen LogP contribution < -0.4 is 0 Å². The Bertz CT molecular complexity index is 756. The van der Waals surface area contributed by atoms with Crippen molar-refractivity contribution in [1.82, 2.24) is 14.5 Å². The van der Waals surface area contributed by atoms with Gasteiger partial charge in [0.05, 0.1) is 25.0 Å². The Labute approximate surface area is 133 Å². The molecule has 0 aliphatic carbocycles. The zero-order valence-corrected chi connectivity index (χ0v) is 13.0. The van der Waals surface area contributed by atoms with Crippen molar-refractivity contribution >= 4 is 5.91 Å². The van der Waals surface area contributed by atoms with E-state index in [0.717, 1.165) is 30.0 Å². The monoisotopic (exact) mass is 315 g/mol. The number of carbonyl (C=O) groups is 1. The van der Waals surface area contributed by atoms with Crippen LogP contribution in [0.3, 0.4) is 0 Å². The molecule has 2 aromatic rings. The van der Waals surface area contributed by atoms with Crippen LogP contribution in [0.1, 0.15) is 19.2 Å². The number of aromatic nitrogens is 2. The van der Waals surface area contributed by atoms with Crippen LogP contribution in [0.15, 0.2) is 30.5 Å². The topological polar surface area (TPSA) is 47.4 Å². The van der Waals surface area contributed by atoms with E-state index in [1.54, 1.807) is 19.1 Å². The SMILES string of the molecule is CC(=O)N1CCC2(C1)Cn1c(-c3ccc(F)cc3)cnc1CO2. The molecule has 2 aliphatic rings. The van der Waals surface area contributed by atoms with Crippen molar-refractivity contribution in [2.75, 3.05) is 13.1 Å². The van der Waals surface area contributed by atoms with Gasteiger partial charge in [-0.25, -0.2) is 9.37 Å². The number of halogens is 1. The van der Waals surface area contributed by atoms with Crippen molar-refractivity contribution < 1.29 is 13.9 Å². The Hall–Kier alpha value is -2.21. The highest BCUT2D eigenvalue weighted by molar-refractivity contribution is 5.73. The fourth-order valence-corrected chi connectivity index (χ4v) is 3.47. The zero-order chi connectivity index (χ0) is 16.0. The number of rotatable bonds is 1. The molecule has 23 heavy (non-hydrogen) atoms. The summed E-state index contributed by atoms with van der Waals surface area (Å²) in [6.07, 6.45) is 2.63. The fourth-order valence-electron chi connectivity index (χ4n) is 3.47. The fraction of sp³-hybridized carbons (Fsp3) is 0.412. The minimum absolute atomic E-state index is 0.0839. The molecule has 6 heteroatoms. The van der Waals surface area contributed by atoms with Crippen molar-refractivity contribution in [2.24, 2.45) is 0 Å². The number of hydrogen-bond donors (Lipinski definition) is 0. The third-order valence-corrected chi connectivity index (χ3v) is 4.79. The van der Waals surface area contributed by atoms with Crippen molar-refractivity contribution in [2.45, 2.75) is 32.1 Å². The highest BCUT2D eigenvalue weighted by Gasteiger charge is 2.43. The predicted octanol–water partition coefficient (Wildman–Crippen LogP) is 2.21. The maximum absolute atomic E-state index is 13.1. The molecule has 1 amide bonds. The lowest BCUT2D eigenvalue weighted by atomic mass is 10.0. The normalized spacial score (nSPS) is 23.3. The summed E-state index contributed by atoms with van der Waals surface area (Å²) in [4.78, 5) is 17.9. The van der Waals surface area contributed by atoms with Gasteiger partial charge in [0, 0.05) is 13.5 Å². The molecular weight excluding hydrogens is 297 g/mol. The molecule has 1 atom stereocenters. The third kappa shape index (κ3) is 2.43. The van der Waals surface area contributed by atoms with Crippen LogP contribution in [0, 0.1) is 5.82 Å². The number of amides is 1. The van der Waals surface area contributed by atoms with Gasteiger partial charge in [0.1, 0.15) is 23.8 Å². The van der Waals surface area contributed by atoms with E-state index in [-0.39, 0.29) is 17.3 Å². The third-order valence-electron chi connectivity index (χ3n) is 4.79. The molecule has 1 spiro atoms. The lowest BCUT2D eigenvalue weighted by molar-refractivity contribution is -0.131. The van der Waals surface area contributed by atoms with Gasteiger partial charge < -0.3 is 14.2 Å². The summed E-state index contributed by atoms with van der Waals surface area (Å²) in [6, 6.07) is 6.44. The van der Waals surface area contributed by atoms with Crippen LogP contribution in [-0.4, -0.2) is 39.0 Å². The lowest BCUT2D eigenvalue weighted by Gasteiger charge is -2.35. The predicted molar refractivity (Wildman–Crippen MR) is 82.0 cm³/mol. The van der Waals surface area contributed by atoms with Crippen LogP contribution >= 0.6 is 0 Å². The van der Waals surface area contributed by atoms with Crippen LogP contribution in [-0.2, 0) is 22.7 Å². The van der Waals surface area contributed by atoms with Gasteiger partial charge in [0.2, 0.25) is 5.91 Å². The maximum atomic E-state index is 13.1. The molecule has 1 aromatic heterocycles. The molecule has 5 nitrogen and oxygen atoms in total. The van der Waals surface area contributed by atoms with Gasteiger partial charge in [-0.15, -0.1) is 0 Å². The van der Waals surface area contributed by atoms with Crippen molar-refractivity contribution in [3.05, 3.63) is 42.1 Å². The number of likely N-dealkylation sites (tertiary alicyclic amines) is 1. The number of imidazole rings is 1. The lowest BCUT2D eigenvalue weighted by Crippen LogP contribution is -2.44. The Kier molecular flexibility index (Phi) is 3.23. The van der Waals surface area contributed by atoms with Crippen LogP contribution in [0.4, 0.5) is 4.39 Å². The zero-order valence-electron chi connectivity index (χ0n) is 13.0. The molecule has 0 radical (unpaired) electrons. The van der Waals surface area contributed by atoms with Crippen molar-refractivity contribution in [1.29, 1.82) is 0 Å². The first-order valence-electron chi connectivity index (χ1n) is 7.76. The van der Waals surface area contributed by atoms with Gasteiger partial charge >= 0.3 is 0 Å². The Morgan fingerprint density at radius 3 is 2.78 bits per heavy atom. The number of ether oxygens (including phenoxy) is 1. The summed E-state index contributed by atoms with van der Waals surface area (Å²) in [5, 5.41) is 0. The summed E-state index contributed by atoms with van der Waals surface area (Å²) in [6.45, 7) is 4.04. The van der Waals surface area contributed by atoms with Crippen LogP contribution in [0.2, 0.25) is 0 Å². The van der Waals surface area contributed by atoms with Crippen LogP contribution in [0.5, 0.6) is 0 Å². The molecule has 0 saturated carbocycles. The average molecular weight is 315 g/mol. The van der Waals surface area contributed by atoms with E-state index in [4.69, 9.17) is 4.74 Å². The van der Waals surface area contributed by atoms with E-state index in [0.29, 0.717) is 19.7 Å². The molecule has 1 unspecified atom stereocenters. The number of nitrogens with zero attached hydrogens (tertiary/aromatic N) is 3. The molecular formula is C17H18FN3O2. The van der Waals surface area contributed by atoms with E-state index < -0.39 is 0 Å². The van der Waals surface area contributed by atoms with Gasteiger partial charge in [-0.3, -0.25) is 4.79 Å². The van der Waals surface area contributed by atoms with E-state index in [9.17, 15) is 9.18 Å². The summed E-state index contributed by atoms with van der Waals surface area (Å²) in [5.41, 5.74) is 1.56. The molecule has 0 bridgehead atoms. The molecule has 120 valence electrons. The van der Waals surface area contributed by atoms with Gasteiger partial charge in [0.25, 0.3) is 0 Å². The van der Waals surface area contributed by atoms with Crippen LogP contribution in [0.25, 0.3) is 11.3 Å². The Balaban J connectivity index is 1.66. The number of hydrogen-bond acceptors (Lipinski definition) is 3. The van der Waals surface area contributed by atoms with Crippen molar-refractivity contribution in [3.63, 3.8) is 0 Å². The minimum atomic E-state index is -0.339. The van der Waals surface area contributed by atoms with Gasteiger partial charge in [-0.05, 0) is 36.2 Å². The number of carbonyl (C=O) groups excluding carboxylic acids is 1. The largest absolute Gasteiger partial charge is 0.363 e. The summed E-state index contributed by atoms with van der Waals surface area (Å²) in [5.74, 6) is 0.705. The molecule has 1 saturated heterocycles. The molecule has 0 N–H and O–H groups in total. The Morgan fingerprint density at radius 1 is 1.30 bits per heavy atom. The van der Waals surface area contributed by atoms with Gasteiger partial charge in [-0.1, -0.05) is 0 Å². The smallest absolute Gasteiger partial charge is 0.219 e. The molecule has 1 fully saturated rings. The van der Waals surface area contributed by atoms with E-state index in [1.807, 2.05) is 11.1 Å². The standard InChI is InChI=1S/C17H18FN3O2/c1-12(22)20-7-6-17(10-20)11-21-15(8-19-16(21)9-23-17)13-2-4-14(18)5-3-13/h2-5,8H,6-7,9-11H2,1H3. The summed E-state index contributed by atoms with van der Waals surface area (Å²) >= 11 is 0. The van der Waals surface area contributed by atoms with E-state index in [2.05, 4.69) is 9.55 Å². The van der Waals surface area contributed by atoms with E-state index in [1.165, 1.54) is 12.1 Å². The number of fused-ring (bicyclic) bond motifs is 1. The molecule has 3 heterocycles. The first-order chi connectivity index (χ1) is 11.1. The second-order valence-electron chi connectivity index (χ2n) is 6.31. The van der Waals surface area contributed by atoms with E-state index >= 15 is 0 Å². The summed E-state index contributed by atoms with van der Waals surface area (Å²) < 4.78 is 21.4. The highest BCUT2D eigenvalue weighted by Crippen LogP contribution is 2.35. The molecule has 4 rings (SSSR count). The first kappa shape index (κ1) is 14.4.